The molecule has 35 heavy (non-hydrogen) atoms. The van der Waals surface area contributed by atoms with E-state index in [0.717, 1.165) is 22.5 Å². The lowest BCUT2D eigenvalue weighted by Gasteiger charge is -2.39. The van der Waals surface area contributed by atoms with Gasteiger partial charge in [0.05, 0.1) is 24.8 Å². The highest BCUT2D eigenvalue weighted by Crippen LogP contribution is 2.46. The summed E-state index contributed by atoms with van der Waals surface area (Å²) in [5.74, 6) is 0.212. The lowest BCUT2D eigenvalue weighted by molar-refractivity contribution is -0.360. The number of carbonyl (C=O) groups is 2. The minimum Gasteiger partial charge on any atom is -0.497 e. The maximum Gasteiger partial charge on any atom is 0.337 e. The van der Waals surface area contributed by atoms with Crippen LogP contribution in [0, 0.1) is 5.92 Å². The van der Waals surface area contributed by atoms with Crippen LogP contribution >= 0.6 is 0 Å². The zero-order chi connectivity index (χ0) is 24.4. The van der Waals surface area contributed by atoms with Crippen LogP contribution in [0.3, 0.4) is 0 Å². The first-order valence-electron chi connectivity index (χ1n) is 11.7. The summed E-state index contributed by atoms with van der Waals surface area (Å²) in [6.07, 6.45) is 4.29. The zero-order valence-corrected chi connectivity index (χ0v) is 19.7. The molecule has 0 saturated carbocycles. The van der Waals surface area contributed by atoms with Crippen LogP contribution in [-0.4, -0.2) is 18.8 Å². The van der Waals surface area contributed by atoms with E-state index in [2.05, 4.69) is 33.8 Å². The number of ether oxygens (including phenoxy) is 1. The number of rotatable bonds is 5. The highest BCUT2D eigenvalue weighted by Gasteiger charge is 2.45. The summed E-state index contributed by atoms with van der Waals surface area (Å²) >= 11 is 0. The van der Waals surface area contributed by atoms with Gasteiger partial charge >= 0.3 is 5.91 Å². The number of carbonyl (C=O) groups excluding carboxylic acids is 2. The molecule has 3 atom stereocenters. The minimum absolute atomic E-state index is 0.00416. The molecule has 0 bridgehead atoms. The van der Waals surface area contributed by atoms with E-state index in [9.17, 15) is 9.59 Å². The van der Waals surface area contributed by atoms with Crippen molar-refractivity contribution in [2.45, 2.75) is 25.2 Å². The Hall–Kier alpha value is -4.19. The Morgan fingerprint density at radius 1 is 1.00 bits per heavy atom. The van der Waals surface area contributed by atoms with E-state index >= 15 is 0 Å². The van der Waals surface area contributed by atoms with Crippen LogP contribution in [-0.2, 0) is 9.59 Å². The molecule has 0 radical (unpaired) electrons. The van der Waals surface area contributed by atoms with Crippen molar-refractivity contribution in [2.75, 3.05) is 12.4 Å². The number of allylic oxidation sites excluding steroid dienone is 3. The number of hydrogen-bond donors (Lipinski definition) is 2. The lowest BCUT2D eigenvalue weighted by Crippen LogP contribution is -2.42. The molecule has 3 unspecified atom stereocenters. The van der Waals surface area contributed by atoms with Crippen LogP contribution < -0.4 is 20.4 Å². The average molecular weight is 467 g/mol. The first-order chi connectivity index (χ1) is 17.0. The van der Waals surface area contributed by atoms with Crippen molar-refractivity contribution in [3.8, 4) is 5.75 Å². The second-order valence-electron chi connectivity index (χ2n) is 8.94. The number of hydrogen-bond acceptors (Lipinski definition) is 4. The van der Waals surface area contributed by atoms with Crippen LogP contribution in [0.25, 0.3) is 0 Å². The first-order valence-corrected chi connectivity index (χ1v) is 11.7. The number of nitrogens with one attached hydrogen (secondary N) is 3. The van der Waals surface area contributed by atoms with Gasteiger partial charge in [-0.2, -0.15) is 0 Å². The van der Waals surface area contributed by atoms with Crippen molar-refractivity contribution in [1.82, 2.24) is 5.32 Å². The molecule has 1 aromatic heterocycles. The van der Waals surface area contributed by atoms with Gasteiger partial charge in [-0.1, -0.05) is 54.6 Å². The highest BCUT2D eigenvalue weighted by molar-refractivity contribution is 6.06. The van der Waals surface area contributed by atoms with E-state index in [1.807, 2.05) is 61.5 Å². The molecule has 6 nitrogen and oxygen atoms in total. The molecular formula is C29H28N3O3+. The maximum absolute atomic E-state index is 13.7. The minimum atomic E-state index is -0.480. The van der Waals surface area contributed by atoms with Gasteiger partial charge in [-0.25, -0.2) is 15.1 Å². The molecule has 1 aliphatic carbocycles. The van der Waals surface area contributed by atoms with E-state index in [0.29, 0.717) is 23.6 Å². The van der Waals surface area contributed by atoms with Crippen LogP contribution in [0.2, 0.25) is 0 Å². The van der Waals surface area contributed by atoms with Crippen molar-refractivity contribution in [2.24, 2.45) is 5.92 Å². The van der Waals surface area contributed by atoms with Crippen molar-refractivity contribution in [3.63, 3.8) is 0 Å². The molecule has 2 heterocycles. The predicted octanol–water partition coefficient (Wildman–Crippen LogP) is 4.37. The summed E-state index contributed by atoms with van der Waals surface area (Å²) in [7, 11) is 1.61. The summed E-state index contributed by atoms with van der Waals surface area (Å²) in [4.78, 5) is 30.3. The summed E-state index contributed by atoms with van der Waals surface area (Å²) < 4.78 is 5.46. The third-order valence-electron chi connectivity index (χ3n) is 6.75. The molecule has 0 saturated heterocycles. The Morgan fingerprint density at radius 3 is 2.51 bits per heavy atom. The smallest absolute Gasteiger partial charge is 0.337 e. The SMILES string of the molecule is COc1cccc(C2C(C(=O)Nc3cccc[nH+]3)=C(C)NC3=CC(c4ccccc4)CC(=O)C32)c1. The monoisotopic (exact) mass is 466 g/mol. The zero-order valence-electron chi connectivity index (χ0n) is 19.7. The third-order valence-corrected chi connectivity index (χ3v) is 6.75. The number of benzene rings is 2. The predicted molar refractivity (Wildman–Crippen MR) is 134 cm³/mol. The molecular weight excluding hydrogens is 438 g/mol. The third kappa shape index (κ3) is 4.47. The Morgan fingerprint density at radius 2 is 1.77 bits per heavy atom. The van der Waals surface area contributed by atoms with Gasteiger partial charge in [0.2, 0.25) is 0 Å². The van der Waals surface area contributed by atoms with E-state index < -0.39 is 11.8 Å². The summed E-state index contributed by atoms with van der Waals surface area (Å²) in [6.45, 7) is 1.89. The average Bonchev–Trinajstić information content (AvgIpc) is 2.88. The van der Waals surface area contributed by atoms with E-state index in [1.54, 1.807) is 19.4 Å². The number of aromatic nitrogens is 1. The fourth-order valence-corrected chi connectivity index (χ4v) is 5.15. The summed E-state index contributed by atoms with van der Waals surface area (Å²) in [5, 5.41) is 6.37. The van der Waals surface area contributed by atoms with Gasteiger partial charge in [-0.15, -0.1) is 0 Å². The van der Waals surface area contributed by atoms with Crippen molar-refractivity contribution < 1.29 is 19.3 Å². The van der Waals surface area contributed by atoms with Gasteiger partial charge in [0.1, 0.15) is 11.5 Å². The van der Waals surface area contributed by atoms with Gasteiger partial charge in [-0.3, -0.25) is 4.79 Å². The fraction of sp³-hybridized carbons (Fsp3) is 0.207. The van der Waals surface area contributed by atoms with E-state index in [-0.39, 0.29) is 17.6 Å². The second kappa shape index (κ2) is 9.58. The molecule has 0 spiro atoms. The Labute approximate surface area is 204 Å². The highest BCUT2D eigenvalue weighted by atomic mass is 16.5. The van der Waals surface area contributed by atoms with E-state index in [1.165, 1.54) is 0 Å². The topological polar surface area (TPSA) is 81.6 Å². The number of fused-ring (bicyclic) bond motifs is 1. The number of methoxy groups -OCH3 is 1. The summed E-state index contributed by atoms with van der Waals surface area (Å²) in [5.41, 5.74) is 4.11. The van der Waals surface area contributed by atoms with Crippen molar-refractivity contribution in [1.29, 1.82) is 0 Å². The standard InChI is InChI=1S/C29H27N3O3/c1-18-26(29(34)32-25-13-6-7-14-30-25)27(20-11-8-12-22(15-20)35-2)28-23(31-18)16-21(17-24(28)33)19-9-4-3-5-10-19/h3-16,21,27-28,31H,17H2,1-2H3,(H,30,32,34)/p+1. The molecule has 176 valence electrons. The number of anilines is 1. The van der Waals surface area contributed by atoms with Crippen molar-refractivity contribution >= 4 is 17.5 Å². The summed E-state index contributed by atoms with van der Waals surface area (Å²) in [6, 6.07) is 23.2. The number of ketones is 1. The Balaban J connectivity index is 1.60. The van der Waals surface area contributed by atoms with Crippen molar-refractivity contribution in [3.05, 3.63) is 113 Å². The molecule has 2 aromatic carbocycles. The molecule has 3 aromatic rings. The molecule has 1 aliphatic heterocycles. The second-order valence-corrected chi connectivity index (χ2v) is 8.94. The van der Waals surface area contributed by atoms with Gasteiger partial charge in [0.25, 0.3) is 5.82 Å². The molecule has 6 heteroatoms. The maximum atomic E-state index is 13.7. The van der Waals surface area contributed by atoms with Crippen LogP contribution in [0.5, 0.6) is 5.75 Å². The molecule has 2 aliphatic rings. The van der Waals surface area contributed by atoms with Crippen LogP contribution in [0.4, 0.5) is 5.82 Å². The van der Waals surface area contributed by atoms with Gasteiger partial charge < -0.3 is 10.1 Å². The number of amides is 1. The number of H-pyrrole nitrogens is 1. The number of pyridine rings is 1. The van der Waals surface area contributed by atoms with Gasteiger partial charge in [-0.05, 0) is 36.2 Å². The quantitative estimate of drug-likeness (QED) is 0.585. The Bertz CT molecular complexity index is 1320. The molecule has 3 N–H and O–H groups in total. The van der Waals surface area contributed by atoms with Crippen LogP contribution in [0.1, 0.15) is 36.3 Å². The first kappa shape index (κ1) is 22.6. The molecule has 1 amide bonds. The van der Waals surface area contributed by atoms with Crippen LogP contribution in [0.15, 0.2) is 102 Å². The normalized spacial score (nSPS) is 21.5. The molecule has 0 fully saturated rings. The van der Waals surface area contributed by atoms with Gasteiger partial charge in [0.15, 0.2) is 0 Å². The van der Waals surface area contributed by atoms with E-state index in [4.69, 9.17) is 4.74 Å². The number of Topliss-reactive ketones (excluding diaryl/α,β-unsaturated/α-hetero) is 1. The van der Waals surface area contributed by atoms with Gasteiger partial charge in [0, 0.05) is 35.7 Å². The number of aromatic amines is 1. The molecule has 5 rings (SSSR count). The Kier molecular flexibility index (Phi) is 6.19. The fourth-order valence-electron chi connectivity index (χ4n) is 5.15. The lowest BCUT2D eigenvalue weighted by atomic mass is 9.68. The largest absolute Gasteiger partial charge is 0.497 e.